The predicted molar refractivity (Wildman–Crippen MR) is 116 cm³/mol. The summed E-state index contributed by atoms with van der Waals surface area (Å²) in [5.41, 5.74) is 1.62. The van der Waals surface area contributed by atoms with Crippen molar-refractivity contribution in [1.82, 2.24) is 0 Å². The Hall–Kier alpha value is -2.80. The topological polar surface area (TPSA) is 88.5 Å². The minimum absolute atomic E-state index is 0.290. The second-order valence-electron chi connectivity index (χ2n) is 7.45. The van der Waals surface area contributed by atoms with E-state index in [0.717, 1.165) is 16.0 Å². The molecule has 0 saturated carbocycles. The molecular weight excluding hydrogens is 388 g/mol. The highest BCUT2D eigenvalue weighted by Crippen LogP contribution is 2.35. The number of nitrogens with one attached hydrogen (secondary N) is 2. The third kappa shape index (κ3) is 6.64. The van der Waals surface area contributed by atoms with Crippen molar-refractivity contribution < 1.29 is 19.1 Å². The number of rotatable bonds is 6. The highest BCUT2D eigenvalue weighted by atomic mass is 32.2. The molecule has 0 aliphatic heterocycles. The maximum absolute atomic E-state index is 12.4. The molecule has 2 N–H and O–H groups in total. The maximum Gasteiger partial charge on any atom is 0.412 e. The number of carbonyl (C=O) groups excluding carboxylic acids is 2. The number of ether oxygens (including phenoxy) is 2. The van der Waals surface area contributed by atoms with Crippen LogP contribution in [0, 0.1) is 12.3 Å². The van der Waals surface area contributed by atoms with Gasteiger partial charge < -0.3 is 9.47 Å². The molecule has 7 heteroatoms. The lowest BCUT2D eigenvalue weighted by Gasteiger charge is -2.22. The smallest absolute Gasteiger partial charge is 0.412 e. The quantitative estimate of drug-likeness (QED) is 0.386. The lowest BCUT2D eigenvalue weighted by atomic mass is 10.0. The second kappa shape index (κ2) is 9.60. The van der Waals surface area contributed by atoms with E-state index in [1.165, 1.54) is 18.9 Å². The highest BCUT2D eigenvalue weighted by Gasteiger charge is 2.23. The number of hydrogen-bond donors (Lipinski definition) is 2. The zero-order valence-electron chi connectivity index (χ0n) is 17.3. The van der Waals surface area contributed by atoms with Crippen molar-refractivity contribution in [3.63, 3.8) is 0 Å². The number of benzene rings is 2. The number of esters is 1. The molecule has 6 nitrogen and oxygen atoms in total. The summed E-state index contributed by atoms with van der Waals surface area (Å²) in [6.45, 7) is 7.18. The lowest BCUT2D eigenvalue weighted by molar-refractivity contribution is -0.132. The van der Waals surface area contributed by atoms with Gasteiger partial charge in [0.2, 0.25) is 0 Å². The van der Waals surface area contributed by atoms with Crippen molar-refractivity contribution in [2.45, 2.75) is 43.9 Å². The highest BCUT2D eigenvalue weighted by molar-refractivity contribution is 7.98. The van der Waals surface area contributed by atoms with Crippen LogP contribution in [0.15, 0.2) is 47.4 Å². The van der Waals surface area contributed by atoms with Crippen molar-refractivity contribution in [3.05, 3.63) is 59.2 Å². The molecule has 0 aliphatic rings. The summed E-state index contributed by atoms with van der Waals surface area (Å²) in [5.74, 6) is -0.111. The largest absolute Gasteiger partial charge is 0.464 e. The van der Waals surface area contributed by atoms with Gasteiger partial charge in [0, 0.05) is 16.2 Å². The molecule has 0 fully saturated rings. The summed E-state index contributed by atoms with van der Waals surface area (Å²) >= 11 is 1.51. The normalized spacial score (nSPS) is 10.9. The van der Waals surface area contributed by atoms with Crippen molar-refractivity contribution >= 4 is 35.2 Å². The molecule has 1 amide bonds. The number of anilines is 1. The van der Waals surface area contributed by atoms with Gasteiger partial charge in [0.25, 0.3) is 0 Å². The molecule has 0 spiro atoms. The Labute approximate surface area is 175 Å². The summed E-state index contributed by atoms with van der Waals surface area (Å²) in [5, 5.41) is 10.9. The Kier molecular flexibility index (Phi) is 7.45. The second-order valence-corrected chi connectivity index (χ2v) is 8.47. The number of aryl methyl sites for hydroxylation is 1. The fourth-order valence-corrected chi connectivity index (χ4v) is 3.64. The van der Waals surface area contributed by atoms with Gasteiger partial charge in [0.1, 0.15) is 11.3 Å². The van der Waals surface area contributed by atoms with Crippen LogP contribution in [0.4, 0.5) is 10.5 Å². The minimum atomic E-state index is -0.776. The summed E-state index contributed by atoms with van der Waals surface area (Å²) in [6, 6.07) is 13.5. The third-order valence-corrected chi connectivity index (χ3v) is 4.88. The molecule has 0 unspecified atom stereocenters. The van der Waals surface area contributed by atoms with Crippen molar-refractivity contribution in [2.75, 3.05) is 12.4 Å². The van der Waals surface area contributed by atoms with Gasteiger partial charge >= 0.3 is 12.1 Å². The van der Waals surface area contributed by atoms with Gasteiger partial charge in [-0.1, -0.05) is 30.3 Å². The fraction of sp³-hybridized carbons (Fsp3) is 0.318. The van der Waals surface area contributed by atoms with E-state index >= 15 is 0 Å². The van der Waals surface area contributed by atoms with E-state index in [1.54, 1.807) is 26.8 Å². The van der Waals surface area contributed by atoms with Crippen LogP contribution in [0.3, 0.4) is 0 Å². The standard InChI is InChI=1S/C22H26N2O4S/c1-14-11-16(18(23)20(25)27-5)19(24-21(26)28-22(2,3)4)17(12-14)29-13-15-9-7-6-8-10-15/h6-12,23H,13H2,1-5H3,(H,24,26). The number of thioether (sulfide) groups is 1. The first kappa shape index (κ1) is 22.5. The van der Waals surface area contributed by atoms with Crippen LogP contribution in [-0.4, -0.2) is 30.5 Å². The molecule has 0 aliphatic carbocycles. The van der Waals surface area contributed by atoms with Crippen LogP contribution in [0.25, 0.3) is 0 Å². The van der Waals surface area contributed by atoms with Crippen LogP contribution in [0.2, 0.25) is 0 Å². The molecule has 0 bridgehead atoms. The Bertz CT molecular complexity index is 905. The van der Waals surface area contributed by atoms with Gasteiger partial charge in [0.05, 0.1) is 12.8 Å². The average Bonchev–Trinajstić information content (AvgIpc) is 2.65. The molecule has 0 heterocycles. The van der Waals surface area contributed by atoms with Gasteiger partial charge in [-0.3, -0.25) is 10.7 Å². The molecule has 0 aromatic heterocycles. The molecule has 2 aromatic carbocycles. The van der Waals surface area contributed by atoms with Crippen LogP contribution < -0.4 is 5.32 Å². The SMILES string of the molecule is COC(=O)C(=N)c1cc(C)cc(SCc2ccccc2)c1NC(=O)OC(C)(C)C. The lowest BCUT2D eigenvalue weighted by Crippen LogP contribution is -2.28. The Balaban J connectivity index is 2.43. The fourth-order valence-electron chi connectivity index (χ4n) is 2.55. The van der Waals surface area contributed by atoms with Crippen LogP contribution in [0.5, 0.6) is 0 Å². The van der Waals surface area contributed by atoms with Gasteiger partial charge in [-0.05, 0) is 51.0 Å². The monoisotopic (exact) mass is 414 g/mol. The molecule has 0 saturated heterocycles. The van der Waals surface area contributed by atoms with Crippen LogP contribution in [0.1, 0.15) is 37.5 Å². The van der Waals surface area contributed by atoms with Crippen LogP contribution in [-0.2, 0) is 20.0 Å². The molecule has 0 atom stereocenters. The third-order valence-electron chi connectivity index (χ3n) is 3.77. The van der Waals surface area contributed by atoms with Crippen molar-refractivity contribution in [1.29, 1.82) is 5.41 Å². The van der Waals surface area contributed by atoms with Gasteiger partial charge in [0.15, 0.2) is 0 Å². The predicted octanol–water partition coefficient (Wildman–Crippen LogP) is 5.18. The number of amides is 1. The Morgan fingerprint density at radius 2 is 1.79 bits per heavy atom. The first-order valence-electron chi connectivity index (χ1n) is 9.09. The average molecular weight is 415 g/mol. The van der Waals surface area contributed by atoms with Crippen LogP contribution >= 0.6 is 11.8 Å². The number of methoxy groups -OCH3 is 1. The van der Waals surface area contributed by atoms with E-state index in [1.807, 2.05) is 43.3 Å². The van der Waals surface area contributed by atoms with E-state index in [4.69, 9.17) is 14.9 Å². The minimum Gasteiger partial charge on any atom is -0.464 e. The molecule has 2 aromatic rings. The van der Waals surface area contributed by atoms with Crippen molar-refractivity contribution in [2.24, 2.45) is 0 Å². The number of hydrogen-bond acceptors (Lipinski definition) is 6. The molecule has 154 valence electrons. The van der Waals surface area contributed by atoms with Gasteiger partial charge in [-0.25, -0.2) is 9.59 Å². The van der Waals surface area contributed by atoms with E-state index < -0.39 is 17.7 Å². The molecule has 29 heavy (non-hydrogen) atoms. The number of carbonyl (C=O) groups is 2. The summed E-state index contributed by atoms with van der Waals surface area (Å²) < 4.78 is 10.1. The summed E-state index contributed by atoms with van der Waals surface area (Å²) in [6.07, 6.45) is -0.651. The zero-order chi connectivity index (χ0) is 21.6. The molecule has 0 radical (unpaired) electrons. The van der Waals surface area contributed by atoms with E-state index in [-0.39, 0.29) is 5.71 Å². The van der Waals surface area contributed by atoms with Gasteiger partial charge in [-0.15, -0.1) is 11.8 Å². The van der Waals surface area contributed by atoms with E-state index in [2.05, 4.69) is 5.32 Å². The zero-order valence-corrected chi connectivity index (χ0v) is 18.1. The van der Waals surface area contributed by atoms with E-state index in [0.29, 0.717) is 17.0 Å². The van der Waals surface area contributed by atoms with Crippen molar-refractivity contribution in [3.8, 4) is 0 Å². The van der Waals surface area contributed by atoms with E-state index in [9.17, 15) is 9.59 Å². The first-order valence-corrected chi connectivity index (χ1v) is 10.1. The van der Waals surface area contributed by atoms with Gasteiger partial charge in [-0.2, -0.15) is 0 Å². The maximum atomic E-state index is 12.4. The molecule has 2 rings (SSSR count). The Morgan fingerprint density at radius 1 is 1.14 bits per heavy atom. The molecular formula is C22H26N2O4S. The Morgan fingerprint density at radius 3 is 2.38 bits per heavy atom. The summed E-state index contributed by atoms with van der Waals surface area (Å²) in [7, 11) is 1.22. The first-order chi connectivity index (χ1) is 13.6. The summed E-state index contributed by atoms with van der Waals surface area (Å²) in [4.78, 5) is 25.1.